The van der Waals surface area contributed by atoms with Gasteiger partial charge in [-0.15, -0.1) is 0 Å². The maximum absolute atomic E-state index is 13.3. The standard InChI is InChI=1S/C17H27BrFN/c1-6-20-14(9-12(2)17(3,4)5)10-13-7-8-16(19)15(18)11-13/h7-8,11-12,14,20H,6,9-10H2,1-5H3. The van der Waals surface area contributed by atoms with Crippen LogP contribution < -0.4 is 5.32 Å². The van der Waals surface area contributed by atoms with E-state index in [-0.39, 0.29) is 5.82 Å². The number of likely N-dealkylation sites (N-methyl/N-ethyl adjacent to an activating group) is 1. The van der Waals surface area contributed by atoms with E-state index in [1.54, 1.807) is 0 Å². The number of rotatable bonds is 6. The van der Waals surface area contributed by atoms with Crippen LogP contribution in [0, 0.1) is 17.2 Å². The summed E-state index contributed by atoms with van der Waals surface area (Å²) in [5, 5.41) is 3.56. The minimum atomic E-state index is -0.197. The van der Waals surface area contributed by atoms with E-state index in [2.05, 4.69) is 55.9 Å². The first-order chi connectivity index (χ1) is 9.24. The highest BCUT2D eigenvalue weighted by molar-refractivity contribution is 9.10. The van der Waals surface area contributed by atoms with Crippen molar-refractivity contribution in [3.05, 3.63) is 34.1 Å². The Bertz CT molecular complexity index is 425. The Kier molecular flexibility index (Phi) is 6.67. The molecule has 0 saturated heterocycles. The minimum Gasteiger partial charge on any atom is -0.314 e. The van der Waals surface area contributed by atoms with Crippen molar-refractivity contribution in [3.8, 4) is 0 Å². The second kappa shape index (κ2) is 7.56. The van der Waals surface area contributed by atoms with Gasteiger partial charge >= 0.3 is 0 Å². The third-order valence-electron chi connectivity index (χ3n) is 4.08. The molecule has 0 saturated carbocycles. The van der Waals surface area contributed by atoms with Crippen LogP contribution in [0.3, 0.4) is 0 Å². The largest absolute Gasteiger partial charge is 0.314 e. The Morgan fingerprint density at radius 1 is 1.30 bits per heavy atom. The lowest BCUT2D eigenvalue weighted by atomic mass is 9.78. The van der Waals surface area contributed by atoms with E-state index in [1.165, 1.54) is 11.6 Å². The fourth-order valence-electron chi connectivity index (χ4n) is 2.26. The Morgan fingerprint density at radius 3 is 2.45 bits per heavy atom. The molecular formula is C17H27BrFN. The van der Waals surface area contributed by atoms with Gasteiger partial charge in [-0.3, -0.25) is 0 Å². The van der Waals surface area contributed by atoms with Gasteiger partial charge < -0.3 is 5.32 Å². The van der Waals surface area contributed by atoms with Crippen LogP contribution in [0.1, 0.15) is 46.6 Å². The normalized spacial score (nSPS) is 15.2. The van der Waals surface area contributed by atoms with E-state index in [0.29, 0.717) is 21.8 Å². The zero-order valence-corrected chi connectivity index (χ0v) is 14.8. The zero-order valence-electron chi connectivity index (χ0n) is 13.3. The van der Waals surface area contributed by atoms with Gasteiger partial charge in [-0.25, -0.2) is 4.39 Å². The average molecular weight is 344 g/mol. The Hall–Kier alpha value is -0.410. The highest BCUT2D eigenvalue weighted by Crippen LogP contribution is 2.30. The topological polar surface area (TPSA) is 12.0 Å². The molecule has 0 amide bonds. The van der Waals surface area contributed by atoms with Gasteiger partial charge in [0.15, 0.2) is 0 Å². The lowest BCUT2D eigenvalue weighted by molar-refractivity contribution is 0.222. The molecule has 0 heterocycles. The molecule has 20 heavy (non-hydrogen) atoms. The summed E-state index contributed by atoms with van der Waals surface area (Å²) in [5.41, 5.74) is 1.49. The number of nitrogens with one attached hydrogen (secondary N) is 1. The average Bonchev–Trinajstić information content (AvgIpc) is 2.33. The van der Waals surface area contributed by atoms with Gasteiger partial charge in [0.1, 0.15) is 5.82 Å². The highest BCUT2D eigenvalue weighted by atomic mass is 79.9. The van der Waals surface area contributed by atoms with Crippen LogP contribution in [0.4, 0.5) is 4.39 Å². The first kappa shape index (κ1) is 17.6. The van der Waals surface area contributed by atoms with Crippen molar-refractivity contribution in [1.29, 1.82) is 0 Å². The van der Waals surface area contributed by atoms with Crippen LogP contribution in [-0.2, 0) is 6.42 Å². The molecule has 0 aromatic heterocycles. The third-order valence-corrected chi connectivity index (χ3v) is 4.68. The summed E-state index contributed by atoms with van der Waals surface area (Å²) in [7, 11) is 0. The predicted molar refractivity (Wildman–Crippen MR) is 88.5 cm³/mol. The summed E-state index contributed by atoms with van der Waals surface area (Å²) in [6.45, 7) is 12.3. The van der Waals surface area contributed by atoms with Gasteiger partial charge in [-0.2, -0.15) is 0 Å². The van der Waals surface area contributed by atoms with Crippen LogP contribution in [0.2, 0.25) is 0 Å². The van der Waals surface area contributed by atoms with Gasteiger partial charge in [0.2, 0.25) is 0 Å². The molecule has 1 rings (SSSR count). The molecule has 0 radical (unpaired) electrons. The zero-order chi connectivity index (χ0) is 15.3. The SMILES string of the molecule is CCNC(Cc1ccc(F)c(Br)c1)CC(C)C(C)(C)C. The number of hydrogen-bond donors (Lipinski definition) is 1. The van der Waals surface area contributed by atoms with Gasteiger partial charge in [0.25, 0.3) is 0 Å². The molecule has 1 aromatic rings. The minimum absolute atomic E-state index is 0.197. The summed E-state index contributed by atoms with van der Waals surface area (Å²) in [6.07, 6.45) is 2.07. The molecule has 0 fully saturated rings. The van der Waals surface area contributed by atoms with Crippen molar-refractivity contribution >= 4 is 15.9 Å². The molecule has 0 spiro atoms. The van der Waals surface area contributed by atoms with E-state index < -0.39 is 0 Å². The molecule has 3 heteroatoms. The molecule has 1 N–H and O–H groups in total. The first-order valence-electron chi connectivity index (χ1n) is 7.41. The summed E-state index contributed by atoms with van der Waals surface area (Å²) >= 11 is 3.26. The van der Waals surface area contributed by atoms with E-state index >= 15 is 0 Å². The van der Waals surface area contributed by atoms with Crippen LogP contribution in [0.5, 0.6) is 0 Å². The van der Waals surface area contributed by atoms with E-state index in [1.807, 2.05) is 12.1 Å². The Labute approximate surface area is 131 Å². The van der Waals surface area contributed by atoms with Crippen LogP contribution in [0.25, 0.3) is 0 Å². The van der Waals surface area contributed by atoms with Crippen molar-refractivity contribution < 1.29 is 4.39 Å². The van der Waals surface area contributed by atoms with Crippen LogP contribution >= 0.6 is 15.9 Å². The van der Waals surface area contributed by atoms with Crippen molar-refractivity contribution in [2.75, 3.05) is 6.54 Å². The molecule has 1 nitrogen and oxygen atoms in total. The summed E-state index contributed by atoms with van der Waals surface area (Å²) < 4.78 is 13.8. The van der Waals surface area contributed by atoms with E-state index in [4.69, 9.17) is 0 Å². The van der Waals surface area contributed by atoms with Gasteiger partial charge in [0, 0.05) is 6.04 Å². The fourth-order valence-corrected chi connectivity index (χ4v) is 2.69. The van der Waals surface area contributed by atoms with Crippen LogP contribution in [-0.4, -0.2) is 12.6 Å². The summed E-state index contributed by atoms with van der Waals surface area (Å²) in [5.74, 6) is 0.437. The predicted octanol–water partition coefficient (Wildman–Crippen LogP) is 5.18. The Balaban J connectivity index is 2.73. The molecule has 0 aliphatic heterocycles. The molecule has 0 bridgehead atoms. The third kappa shape index (κ3) is 5.53. The molecule has 0 aliphatic carbocycles. The van der Waals surface area contributed by atoms with E-state index in [0.717, 1.165) is 19.4 Å². The highest BCUT2D eigenvalue weighted by Gasteiger charge is 2.23. The monoisotopic (exact) mass is 343 g/mol. The lowest BCUT2D eigenvalue weighted by Gasteiger charge is -2.31. The molecule has 2 atom stereocenters. The molecule has 1 aromatic carbocycles. The van der Waals surface area contributed by atoms with Gasteiger partial charge in [0.05, 0.1) is 4.47 Å². The van der Waals surface area contributed by atoms with Crippen molar-refractivity contribution in [2.45, 2.75) is 53.5 Å². The number of hydrogen-bond acceptors (Lipinski definition) is 1. The first-order valence-corrected chi connectivity index (χ1v) is 8.20. The molecule has 2 unspecified atom stereocenters. The summed E-state index contributed by atoms with van der Waals surface area (Å²) in [6, 6.07) is 5.75. The maximum atomic E-state index is 13.3. The number of benzene rings is 1. The smallest absolute Gasteiger partial charge is 0.137 e. The lowest BCUT2D eigenvalue weighted by Crippen LogP contribution is -2.35. The second-order valence-corrected chi connectivity index (χ2v) is 7.56. The molecule has 0 aliphatic rings. The quantitative estimate of drug-likeness (QED) is 0.750. The van der Waals surface area contributed by atoms with Crippen LogP contribution in [0.15, 0.2) is 22.7 Å². The fraction of sp³-hybridized carbons (Fsp3) is 0.647. The van der Waals surface area contributed by atoms with Gasteiger partial charge in [-0.1, -0.05) is 40.7 Å². The number of halogens is 2. The Morgan fingerprint density at radius 2 is 1.95 bits per heavy atom. The summed E-state index contributed by atoms with van der Waals surface area (Å²) in [4.78, 5) is 0. The van der Waals surface area contributed by atoms with Crippen molar-refractivity contribution in [2.24, 2.45) is 11.3 Å². The van der Waals surface area contributed by atoms with Crippen molar-refractivity contribution in [3.63, 3.8) is 0 Å². The van der Waals surface area contributed by atoms with Crippen molar-refractivity contribution in [1.82, 2.24) is 5.32 Å². The second-order valence-electron chi connectivity index (χ2n) is 6.71. The molecule has 114 valence electrons. The molecular weight excluding hydrogens is 317 g/mol. The van der Waals surface area contributed by atoms with E-state index in [9.17, 15) is 4.39 Å². The van der Waals surface area contributed by atoms with Gasteiger partial charge in [-0.05, 0) is 64.3 Å². The maximum Gasteiger partial charge on any atom is 0.137 e.